The predicted molar refractivity (Wildman–Crippen MR) is 86.2 cm³/mol. The van der Waals surface area contributed by atoms with Gasteiger partial charge in [0, 0.05) is 11.3 Å². The van der Waals surface area contributed by atoms with Gasteiger partial charge >= 0.3 is 0 Å². The van der Waals surface area contributed by atoms with Crippen LogP contribution in [0.15, 0.2) is 0 Å². The van der Waals surface area contributed by atoms with Crippen LogP contribution in [0.2, 0.25) is 0 Å². The normalized spacial score (nSPS) is 18.3. The average Bonchev–Trinajstić information content (AvgIpc) is 2.39. The molecule has 0 aliphatic carbocycles. The van der Waals surface area contributed by atoms with Gasteiger partial charge in [-0.1, -0.05) is 66.7 Å². The van der Waals surface area contributed by atoms with Crippen molar-refractivity contribution in [2.24, 2.45) is 5.92 Å². The third-order valence-electron chi connectivity index (χ3n) is 4.52. The first kappa shape index (κ1) is 19.2. The molecule has 2 nitrogen and oxygen atoms in total. The fraction of sp³-hybridized carbons (Fsp3) is 1.00. The minimum absolute atomic E-state index is 0.0101. The summed E-state index contributed by atoms with van der Waals surface area (Å²) >= 11 is 0. The van der Waals surface area contributed by atoms with Crippen LogP contribution in [-0.2, 0) is 4.57 Å². The molecule has 0 aromatic rings. The maximum Gasteiger partial charge on any atom is 0.206 e. The lowest BCUT2D eigenvalue weighted by Gasteiger charge is -2.34. The molecule has 3 atom stereocenters. The van der Waals surface area contributed by atoms with Crippen LogP contribution < -0.4 is 0 Å². The first-order valence-corrected chi connectivity index (χ1v) is 10.1. The topological polar surface area (TPSA) is 37.3 Å². The molecule has 0 saturated heterocycles. The summed E-state index contributed by atoms with van der Waals surface area (Å²) in [6, 6.07) is 0. The molecule has 19 heavy (non-hydrogen) atoms. The quantitative estimate of drug-likeness (QED) is 0.486. The van der Waals surface area contributed by atoms with Gasteiger partial charge in [-0.25, -0.2) is 0 Å². The van der Waals surface area contributed by atoms with E-state index in [1.54, 1.807) is 0 Å². The molecule has 0 aromatic carbocycles. The molecule has 3 heteroatoms. The molecule has 0 saturated carbocycles. The first-order valence-electron chi connectivity index (χ1n) is 8.31. The Bertz CT molecular complexity index is 261. The third-order valence-corrected chi connectivity index (χ3v) is 7.82. The summed E-state index contributed by atoms with van der Waals surface area (Å²) in [4.78, 5) is 10.8. The maximum absolute atomic E-state index is 13.1. The Morgan fingerprint density at radius 3 is 1.84 bits per heavy atom. The highest BCUT2D eigenvalue weighted by atomic mass is 31.2. The van der Waals surface area contributed by atoms with E-state index in [1.165, 1.54) is 0 Å². The number of rotatable bonds is 11. The molecule has 0 aliphatic rings. The average molecular weight is 290 g/mol. The Morgan fingerprint density at radius 1 is 0.895 bits per heavy atom. The van der Waals surface area contributed by atoms with Gasteiger partial charge in [0.15, 0.2) is 0 Å². The fourth-order valence-electron chi connectivity index (χ4n) is 3.29. The van der Waals surface area contributed by atoms with Crippen molar-refractivity contribution >= 4 is 7.37 Å². The third kappa shape index (κ3) is 5.60. The van der Waals surface area contributed by atoms with Crippen LogP contribution in [-0.4, -0.2) is 16.2 Å². The zero-order chi connectivity index (χ0) is 14.9. The SMILES string of the molecule is CCCCC(CCC)P(=O)(O)C(CC)C(CC)CC. The molecule has 1 N–H and O–H groups in total. The van der Waals surface area contributed by atoms with E-state index in [0.717, 1.165) is 51.4 Å². The fourth-order valence-corrected chi connectivity index (χ4v) is 6.56. The van der Waals surface area contributed by atoms with Gasteiger partial charge in [-0.2, -0.15) is 0 Å². The van der Waals surface area contributed by atoms with E-state index < -0.39 is 7.37 Å². The van der Waals surface area contributed by atoms with E-state index in [9.17, 15) is 9.46 Å². The van der Waals surface area contributed by atoms with Crippen molar-refractivity contribution in [3.8, 4) is 0 Å². The van der Waals surface area contributed by atoms with E-state index in [-0.39, 0.29) is 11.3 Å². The summed E-state index contributed by atoms with van der Waals surface area (Å²) in [5.74, 6) is 0.404. The Hall–Kier alpha value is 0.190. The molecule has 0 bridgehead atoms. The van der Waals surface area contributed by atoms with Gasteiger partial charge in [0.05, 0.1) is 0 Å². The summed E-state index contributed by atoms with van der Waals surface area (Å²) in [6.07, 6.45) is 7.92. The Balaban J connectivity index is 5.05. The van der Waals surface area contributed by atoms with Crippen LogP contribution in [0, 0.1) is 5.92 Å². The molecule has 0 aromatic heterocycles. The largest absolute Gasteiger partial charge is 0.344 e. The summed E-state index contributed by atoms with van der Waals surface area (Å²) in [7, 11) is -3.05. The minimum Gasteiger partial charge on any atom is -0.344 e. The van der Waals surface area contributed by atoms with Crippen LogP contribution in [0.5, 0.6) is 0 Å². The molecular formula is C16H35O2P. The van der Waals surface area contributed by atoms with Crippen molar-refractivity contribution < 1.29 is 9.46 Å². The number of hydrogen-bond acceptors (Lipinski definition) is 1. The van der Waals surface area contributed by atoms with Crippen molar-refractivity contribution in [1.82, 2.24) is 0 Å². The number of hydrogen-bond donors (Lipinski definition) is 1. The van der Waals surface area contributed by atoms with Gasteiger partial charge in [-0.15, -0.1) is 0 Å². The van der Waals surface area contributed by atoms with Gasteiger partial charge in [0.1, 0.15) is 0 Å². The standard InChI is InChI=1S/C16H35O2P/c1-6-11-13-15(12-7-2)19(17,18)16(10-5)14(8-3)9-4/h14-16H,6-13H2,1-5H3,(H,17,18). The molecule has 0 amide bonds. The van der Waals surface area contributed by atoms with E-state index in [0.29, 0.717) is 5.92 Å². The summed E-state index contributed by atoms with van der Waals surface area (Å²) in [5, 5.41) is 0. The van der Waals surface area contributed by atoms with E-state index >= 15 is 0 Å². The van der Waals surface area contributed by atoms with Crippen molar-refractivity contribution in [3.63, 3.8) is 0 Å². The predicted octanol–water partition coefficient (Wildman–Crippen LogP) is 5.83. The lowest BCUT2D eigenvalue weighted by atomic mass is 9.97. The molecule has 0 radical (unpaired) electrons. The van der Waals surface area contributed by atoms with Crippen molar-refractivity contribution in [3.05, 3.63) is 0 Å². The lowest BCUT2D eigenvalue weighted by molar-refractivity contribution is 0.377. The summed E-state index contributed by atoms with van der Waals surface area (Å²) < 4.78 is 13.1. The molecular weight excluding hydrogens is 255 g/mol. The van der Waals surface area contributed by atoms with Gasteiger partial charge in [-0.3, -0.25) is 4.57 Å². The molecule has 0 rings (SSSR count). The smallest absolute Gasteiger partial charge is 0.206 e. The molecule has 116 valence electrons. The van der Waals surface area contributed by atoms with Gasteiger partial charge < -0.3 is 4.89 Å². The second kappa shape index (κ2) is 10.00. The second-order valence-corrected chi connectivity index (χ2v) is 8.55. The Labute approximate surface area is 120 Å². The van der Waals surface area contributed by atoms with Crippen molar-refractivity contribution in [1.29, 1.82) is 0 Å². The summed E-state index contributed by atoms with van der Waals surface area (Å²) in [5.41, 5.74) is 0.0407. The molecule has 0 spiro atoms. The summed E-state index contributed by atoms with van der Waals surface area (Å²) in [6.45, 7) is 10.7. The van der Waals surface area contributed by atoms with Crippen LogP contribution in [0.4, 0.5) is 0 Å². The molecule has 0 fully saturated rings. The van der Waals surface area contributed by atoms with Crippen LogP contribution in [0.25, 0.3) is 0 Å². The molecule has 3 unspecified atom stereocenters. The zero-order valence-electron chi connectivity index (χ0n) is 13.7. The van der Waals surface area contributed by atoms with Crippen LogP contribution in [0.3, 0.4) is 0 Å². The van der Waals surface area contributed by atoms with Crippen LogP contribution >= 0.6 is 7.37 Å². The lowest BCUT2D eigenvalue weighted by Crippen LogP contribution is -2.25. The minimum atomic E-state index is -3.05. The van der Waals surface area contributed by atoms with Crippen molar-refractivity contribution in [2.45, 2.75) is 97.3 Å². The second-order valence-electron chi connectivity index (χ2n) is 5.81. The Morgan fingerprint density at radius 2 is 1.47 bits per heavy atom. The highest BCUT2D eigenvalue weighted by Crippen LogP contribution is 2.58. The van der Waals surface area contributed by atoms with E-state index in [1.807, 2.05) is 0 Å². The van der Waals surface area contributed by atoms with Crippen LogP contribution in [0.1, 0.15) is 86.0 Å². The highest BCUT2D eigenvalue weighted by Gasteiger charge is 2.40. The molecule has 0 aliphatic heterocycles. The van der Waals surface area contributed by atoms with Gasteiger partial charge in [0.2, 0.25) is 7.37 Å². The van der Waals surface area contributed by atoms with Crippen molar-refractivity contribution in [2.75, 3.05) is 0 Å². The number of unbranched alkanes of at least 4 members (excludes halogenated alkanes) is 1. The van der Waals surface area contributed by atoms with E-state index in [2.05, 4.69) is 34.6 Å². The first-order chi connectivity index (χ1) is 8.99. The van der Waals surface area contributed by atoms with Gasteiger partial charge in [0.25, 0.3) is 0 Å². The van der Waals surface area contributed by atoms with E-state index in [4.69, 9.17) is 0 Å². The van der Waals surface area contributed by atoms with Gasteiger partial charge in [-0.05, 0) is 25.2 Å². The zero-order valence-corrected chi connectivity index (χ0v) is 14.6. The maximum atomic E-state index is 13.1. The Kier molecular flexibility index (Phi) is 10.1. The monoisotopic (exact) mass is 290 g/mol. The molecule has 0 heterocycles. The highest BCUT2D eigenvalue weighted by molar-refractivity contribution is 7.59.